The summed E-state index contributed by atoms with van der Waals surface area (Å²) in [6, 6.07) is 17.7. The first-order valence-corrected chi connectivity index (χ1v) is 16.8. The minimum absolute atomic E-state index is 0.208. The first kappa shape index (κ1) is 34.7. The second-order valence-corrected chi connectivity index (χ2v) is 13.3. The number of hydrogen-bond donors (Lipinski definition) is 1. The molecule has 47 heavy (non-hydrogen) atoms. The molecular formula is C35H37Cl2N3O6S. The standard InChI is InChI=1S/C35H37Cl2N3O6S/c1-40-14-13-22(20-40)21-45-35(42)33(23-7-5-4-6-8-23)39-17-25-10-12-32(47-25)34(41)46-30(16-26-27(36)18-38-19-28(26)37)24-9-11-29(43-2)31(15-24)44-3/h4-12,15,18-19,22,30,33,39H,13-14,16-17,20-21H2,1-3H3/t22-,30?,33?/m0/s1. The Balaban J connectivity index is 1.29. The van der Waals surface area contributed by atoms with Gasteiger partial charge in [0.15, 0.2) is 11.5 Å². The van der Waals surface area contributed by atoms with Crippen LogP contribution < -0.4 is 14.8 Å². The third-order valence-corrected chi connectivity index (χ3v) is 9.75. The number of esters is 2. The van der Waals surface area contributed by atoms with E-state index >= 15 is 0 Å². The zero-order valence-electron chi connectivity index (χ0n) is 26.4. The highest BCUT2D eigenvalue weighted by atomic mass is 35.5. The van der Waals surface area contributed by atoms with Gasteiger partial charge < -0.3 is 23.8 Å². The Labute approximate surface area is 288 Å². The Bertz CT molecular complexity index is 1650. The molecule has 0 radical (unpaired) electrons. The van der Waals surface area contributed by atoms with E-state index in [4.69, 9.17) is 42.1 Å². The normalized spacial score (nSPS) is 16.0. The second kappa shape index (κ2) is 16.4. The van der Waals surface area contributed by atoms with Crippen molar-refractivity contribution < 1.29 is 28.5 Å². The Morgan fingerprint density at radius 2 is 1.74 bits per heavy atom. The van der Waals surface area contributed by atoms with Crippen LogP contribution in [0.1, 0.15) is 49.8 Å². The van der Waals surface area contributed by atoms with Gasteiger partial charge in [-0.05, 0) is 61.0 Å². The van der Waals surface area contributed by atoms with Crippen molar-refractivity contribution in [3.05, 3.63) is 110 Å². The maximum Gasteiger partial charge on any atom is 0.348 e. The molecule has 12 heteroatoms. The lowest BCUT2D eigenvalue weighted by atomic mass is 10.0. The van der Waals surface area contributed by atoms with Crippen LogP contribution in [0.5, 0.6) is 11.5 Å². The van der Waals surface area contributed by atoms with Crippen LogP contribution in [0.3, 0.4) is 0 Å². The summed E-state index contributed by atoms with van der Waals surface area (Å²) in [7, 11) is 5.16. The lowest BCUT2D eigenvalue weighted by molar-refractivity contribution is -0.147. The topological polar surface area (TPSA) is 99.2 Å². The predicted octanol–water partition coefficient (Wildman–Crippen LogP) is 6.93. The van der Waals surface area contributed by atoms with Crippen molar-refractivity contribution >= 4 is 46.5 Å². The Hall–Kier alpha value is -3.67. The monoisotopic (exact) mass is 697 g/mol. The average Bonchev–Trinajstić information content (AvgIpc) is 3.74. The largest absolute Gasteiger partial charge is 0.493 e. The molecule has 1 aliphatic rings. The predicted molar refractivity (Wildman–Crippen MR) is 183 cm³/mol. The van der Waals surface area contributed by atoms with E-state index in [0.29, 0.717) is 56.6 Å². The zero-order valence-corrected chi connectivity index (χ0v) is 28.7. The first-order chi connectivity index (χ1) is 22.7. The number of nitrogens with one attached hydrogen (secondary N) is 1. The zero-order chi connectivity index (χ0) is 33.3. The molecule has 0 bridgehead atoms. The molecule has 3 atom stereocenters. The molecule has 9 nitrogen and oxygen atoms in total. The van der Waals surface area contributed by atoms with Crippen molar-refractivity contribution in [1.29, 1.82) is 0 Å². The first-order valence-electron chi connectivity index (χ1n) is 15.2. The highest BCUT2D eigenvalue weighted by Gasteiger charge is 2.27. The van der Waals surface area contributed by atoms with Crippen molar-refractivity contribution in [2.75, 3.05) is 41.0 Å². The van der Waals surface area contributed by atoms with Gasteiger partial charge in [-0.1, -0.05) is 59.6 Å². The van der Waals surface area contributed by atoms with E-state index in [9.17, 15) is 9.59 Å². The fraction of sp³-hybridized carbons (Fsp3) is 0.343. The van der Waals surface area contributed by atoms with Gasteiger partial charge in [0.1, 0.15) is 17.0 Å². The molecule has 4 aromatic rings. The number of likely N-dealkylation sites (tertiary alicyclic amines) is 1. The maximum absolute atomic E-state index is 13.5. The minimum atomic E-state index is -0.750. The Morgan fingerprint density at radius 3 is 2.43 bits per heavy atom. The average molecular weight is 699 g/mol. The summed E-state index contributed by atoms with van der Waals surface area (Å²) in [5.41, 5.74) is 2.08. The van der Waals surface area contributed by atoms with E-state index in [1.165, 1.54) is 30.8 Å². The van der Waals surface area contributed by atoms with Gasteiger partial charge in [-0.3, -0.25) is 10.3 Å². The highest BCUT2D eigenvalue weighted by Crippen LogP contribution is 2.36. The van der Waals surface area contributed by atoms with E-state index in [0.717, 1.165) is 30.0 Å². The van der Waals surface area contributed by atoms with Gasteiger partial charge in [-0.25, -0.2) is 9.59 Å². The number of nitrogens with zero attached hydrogens (tertiary/aromatic N) is 2. The lowest BCUT2D eigenvalue weighted by Gasteiger charge is -2.21. The van der Waals surface area contributed by atoms with Crippen LogP contribution >= 0.6 is 34.5 Å². The summed E-state index contributed by atoms with van der Waals surface area (Å²) in [5.74, 6) is 0.528. The summed E-state index contributed by atoms with van der Waals surface area (Å²) in [5, 5.41) is 4.07. The van der Waals surface area contributed by atoms with Crippen LogP contribution in [0, 0.1) is 5.92 Å². The van der Waals surface area contributed by atoms with Crippen LogP contribution in [0.15, 0.2) is 73.1 Å². The molecule has 3 heterocycles. The number of rotatable bonds is 14. The highest BCUT2D eigenvalue weighted by molar-refractivity contribution is 7.13. The molecule has 0 spiro atoms. The third-order valence-electron chi connectivity index (χ3n) is 8.03. The molecule has 0 saturated carbocycles. The summed E-state index contributed by atoms with van der Waals surface area (Å²) < 4.78 is 22.7. The fourth-order valence-electron chi connectivity index (χ4n) is 5.50. The third kappa shape index (κ3) is 9.03. The number of hydrogen-bond acceptors (Lipinski definition) is 10. The molecule has 1 saturated heterocycles. The molecule has 1 aliphatic heterocycles. The molecule has 2 aromatic carbocycles. The number of benzene rings is 2. The molecule has 5 rings (SSSR count). The molecule has 0 amide bonds. The van der Waals surface area contributed by atoms with Crippen molar-refractivity contribution in [2.24, 2.45) is 5.92 Å². The minimum Gasteiger partial charge on any atom is -0.493 e. The van der Waals surface area contributed by atoms with Crippen molar-refractivity contribution in [2.45, 2.75) is 31.5 Å². The number of halogens is 2. The Kier molecular flexibility index (Phi) is 12.1. The summed E-state index contributed by atoms with van der Waals surface area (Å²) >= 11 is 14.2. The number of carbonyl (C=O) groups is 2. The number of aromatic nitrogens is 1. The SMILES string of the molecule is COc1ccc(C(Cc2c(Cl)cncc2Cl)OC(=O)c2ccc(CNC(C(=O)OC[C@H]3CCN(C)C3)c3ccccc3)s2)cc1OC. The number of pyridine rings is 1. The van der Waals surface area contributed by atoms with Gasteiger partial charge in [0.25, 0.3) is 0 Å². The van der Waals surface area contributed by atoms with E-state index in [-0.39, 0.29) is 12.4 Å². The van der Waals surface area contributed by atoms with Crippen molar-refractivity contribution in [1.82, 2.24) is 15.2 Å². The molecular weight excluding hydrogens is 661 g/mol. The van der Waals surface area contributed by atoms with Gasteiger partial charge in [0.2, 0.25) is 0 Å². The molecule has 1 fully saturated rings. The van der Waals surface area contributed by atoms with Crippen molar-refractivity contribution in [3.8, 4) is 11.5 Å². The molecule has 248 valence electrons. The summed E-state index contributed by atoms with van der Waals surface area (Å²) in [4.78, 5) is 34.3. The molecule has 2 aromatic heterocycles. The number of methoxy groups -OCH3 is 2. The van der Waals surface area contributed by atoms with Crippen LogP contribution in [-0.4, -0.2) is 62.8 Å². The van der Waals surface area contributed by atoms with Crippen LogP contribution in [0.4, 0.5) is 0 Å². The van der Waals surface area contributed by atoms with E-state index in [1.54, 1.807) is 31.4 Å². The quantitative estimate of drug-likeness (QED) is 0.141. The van der Waals surface area contributed by atoms with Gasteiger partial charge in [0.05, 0.1) is 30.9 Å². The van der Waals surface area contributed by atoms with E-state index < -0.39 is 18.1 Å². The number of ether oxygens (including phenoxy) is 4. The van der Waals surface area contributed by atoms with Gasteiger partial charge in [-0.2, -0.15) is 0 Å². The lowest BCUT2D eigenvalue weighted by Crippen LogP contribution is -2.31. The van der Waals surface area contributed by atoms with Crippen molar-refractivity contribution in [3.63, 3.8) is 0 Å². The summed E-state index contributed by atoms with van der Waals surface area (Å²) in [6.45, 7) is 2.66. The smallest absolute Gasteiger partial charge is 0.348 e. The van der Waals surface area contributed by atoms with E-state index in [1.807, 2.05) is 36.4 Å². The van der Waals surface area contributed by atoms with Gasteiger partial charge in [0, 0.05) is 42.7 Å². The number of thiophene rings is 1. The van der Waals surface area contributed by atoms with E-state index in [2.05, 4.69) is 22.2 Å². The molecule has 1 N–H and O–H groups in total. The van der Waals surface area contributed by atoms with Crippen LogP contribution in [0.25, 0.3) is 0 Å². The fourth-order valence-corrected chi connectivity index (χ4v) is 6.86. The van der Waals surface area contributed by atoms with Crippen LogP contribution in [0.2, 0.25) is 10.0 Å². The second-order valence-electron chi connectivity index (χ2n) is 11.3. The summed E-state index contributed by atoms with van der Waals surface area (Å²) in [6.07, 6.45) is 3.47. The van der Waals surface area contributed by atoms with Crippen LogP contribution in [-0.2, 0) is 27.2 Å². The molecule has 2 unspecified atom stereocenters. The molecule has 0 aliphatic carbocycles. The Morgan fingerprint density at radius 1 is 1.00 bits per heavy atom. The maximum atomic E-state index is 13.5. The van der Waals surface area contributed by atoms with Gasteiger partial charge in [-0.15, -0.1) is 11.3 Å². The number of carbonyl (C=O) groups excluding carboxylic acids is 2. The van der Waals surface area contributed by atoms with Gasteiger partial charge >= 0.3 is 11.9 Å².